The van der Waals surface area contributed by atoms with E-state index in [9.17, 15) is 9.59 Å². The molecule has 2 aromatic heterocycles. The fraction of sp³-hybridized carbons (Fsp3) is 0.0833. The number of nitrogens with zero attached hydrogens (tertiary/aromatic N) is 2. The van der Waals surface area contributed by atoms with Crippen LogP contribution in [0.1, 0.15) is 5.56 Å². The standard InChI is InChI=1S/C12H8Cl2N4O2/c13-7-3-1-6(2-4-7)5-18-8-9(15-11(18)14)16-12(20)17-10(8)19/h1-4H,5H2,(H2,16,17,19,20). The molecule has 6 nitrogen and oxygen atoms in total. The molecule has 0 saturated heterocycles. The Balaban J connectivity index is 2.16. The SMILES string of the molecule is O=c1[nH]c(=O)c2c(nc(Cl)n2Cc2ccc(Cl)cc2)[nH]1. The summed E-state index contributed by atoms with van der Waals surface area (Å²) in [6.45, 7) is 0.349. The van der Waals surface area contributed by atoms with Gasteiger partial charge in [0.1, 0.15) is 0 Å². The highest BCUT2D eigenvalue weighted by atomic mass is 35.5. The van der Waals surface area contributed by atoms with E-state index in [4.69, 9.17) is 23.2 Å². The number of fused-ring (bicyclic) bond motifs is 1. The Hall–Kier alpha value is -2.05. The van der Waals surface area contributed by atoms with E-state index < -0.39 is 11.2 Å². The smallest absolute Gasteiger partial charge is 0.304 e. The summed E-state index contributed by atoms with van der Waals surface area (Å²) in [5.74, 6) is 0. The van der Waals surface area contributed by atoms with Crippen molar-refractivity contribution in [3.8, 4) is 0 Å². The van der Waals surface area contributed by atoms with Crippen molar-refractivity contribution in [3.63, 3.8) is 0 Å². The molecule has 0 aliphatic heterocycles. The Labute approximate surface area is 122 Å². The molecule has 0 spiro atoms. The van der Waals surface area contributed by atoms with Gasteiger partial charge < -0.3 is 4.57 Å². The topological polar surface area (TPSA) is 83.5 Å². The highest BCUT2D eigenvalue weighted by Crippen LogP contribution is 2.17. The summed E-state index contributed by atoms with van der Waals surface area (Å²) in [5.41, 5.74) is 0.149. The fourth-order valence-electron chi connectivity index (χ4n) is 1.96. The molecule has 8 heteroatoms. The van der Waals surface area contributed by atoms with E-state index in [-0.39, 0.29) is 16.4 Å². The summed E-state index contributed by atoms with van der Waals surface area (Å²) in [6, 6.07) is 7.14. The summed E-state index contributed by atoms with van der Waals surface area (Å²) < 4.78 is 1.52. The van der Waals surface area contributed by atoms with Crippen LogP contribution in [0.25, 0.3) is 11.2 Å². The maximum Gasteiger partial charge on any atom is 0.327 e. The first-order chi connectivity index (χ1) is 9.54. The molecule has 2 heterocycles. The minimum Gasteiger partial charge on any atom is -0.304 e. The monoisotopic (exact) mass is 310 g/mol. The van der Waals surface area contributed by atoms with Gasteiger partial charge in [0, 0.05) is 5.02 Å². The third-order valence-corrected chi connectivity index (χ3v) is 3.39. The highest BCUT2D eigenvalue weighted by molar-refractivity contribution is 6.30. The number of aromatic nitrogens is 4. The molecule has 0 unspecified atom stereocenters. The Morgan fingerprint density at radius 3 is 2.50 bits per heavy atom. The number of H-pyrrole nitrogens is 2. The van der Waals surface area contributed by atoms with Crippen molar-refractivity contribution in [2.24, 2.45) is 0 Å². The van der Waals surface area contributed by atoms with E-state index in [2.05, 4.69) is 15.0 Å². The fourth-order valence-corrected chi connectivity index (χ4v) is 2.32. The third-order valence-electron chi connectivity index (χ3n) is 2.85. The summed E-state index contributed by atoms with van der Waals surface area (Å²) in [6.07, 6.45) is 0. The zero-order valence-corrected chi connectivity index (χ0v) is 11.5. The van der Waals surface area contributed by atoms with Gasteiger partial charge in [-0.3, -0.25) is 14.8 Å². The summed E-state index contributed by atoms with van der Waals surface area (Å²) in [4.78, 5) is 31.6. The van der Waals surface area contributed by atoms with Crippen molar-refractivity contribution in [1.82, 2.24) is 19.5 Å². The summed E-state index contributed by atoms with van der Waals surface area (Å²) in [7, 11) is 0. The Morgan fingerprint density at radius 1 is 1.10 bits per heavy atom. The van der Waals surface area contributed by atoms with Gasteiger partial charge in [0.05, 0.1) is 6.54 Å². The average Bonchev–Trinajstić information content (AvgIpc) is 2.68. The molecule has 0 aliphatic carbocycles. The number of rotatable bonds is 2. The van der Waals surface area contributed by atoms with Gasteiger partial charge in [-0.15, -0.1) is 0 Å². The van der Waals surface area contributed by atoms with E-state index >= 15 is 0 Å². The van der Waals surface area contributed by atoms with E-state index in [1.165, 1.54) is 4.57 Å². The molecule has 0 radical (unpaired) electrons. The van der Waals surface area contributed by atoms with Crippen LogP contribution >= 0.6 is 23.2 Å². The third kappa shape index (κ3) is 2.23. The number of benzene rings is 1. The van der Waals surface area contributed by atoms with Crippen molar-refractivity contribution in [3.05, 3.63) is 61.0 Å². The van der Waals surface area contributed by atoms with Gasteiger partial charge in [0.25, 0.3) is 5.56 Å². The minimum atomic E-state index is -0.615. The molecule has 102 valence electrons. The number of aromatic amines is 2. The predicted octanol–water partition coefficient (Wildman–Crippen LogP) is 1.77. The van der Waals surface area contributed by atoms with Crippen molar-refractivity contribution in [2.75, 3.05) is 0 Å². The van der Waals surface area contributed by atoms with Crippen LogP contribution in [0.5, 0.6) is 0 Å². The number of hydrogen-bond acceptors (Lipinski definition) is 3. The average molecular weight is 311 g/mol. The number of hydrogen-bond donors (Lipinski definition) is 2. The second kappa shape index (κ2) is 4.81. The van der Waals surface area contributed by atoms with E-state index in [0.29, 0.717) is 11.6 Å². The second-order valence-electron chi connectivity index (χ2n) is 4.20. The number of nitrogens with one attached hydrogen (secondary N) is 2. The van der Waals surface area contributed by atoms with Crippen molar-refractivity contribution in [1.29, 1.82) is 0 Å². The van der Waals surface area contributed by atoms with Gasteiger partial charge in [-0.25, -0.2) is 4.79 Å². The zero-order valence-electron chi connectivity index (χ0n) is 9.98. The van der Waals surface area contributed by atoms with Crippen molar-refractivity contribution >= 4 is 34.4 Å². The van der Waals surface area contributed by atoms with Crippen LogP contribution in [0.4, 0.5) is 0 Å². The van der Waals surface area contributed by atoms with Crippen molar-refractivity contribution < 1.29 is 0 Å². The molecule has 1 aromatic carbocycles. The molecule has 20 heavy (non-hydrogen) atoms. The van der Waals surface area contributed by atoms with Gasteiger partial charge >= 0.3 is 5.69 Å². The summed E-state index contributed by atoms with van der Waals surface area (Å²) in [5, 5.41) is 0.750. The molecule has 0 fully saturated rings. The highest BCUT2D eigenvalue weighted by Gasteiger charge is 2.13. The lowest BCUT2D eigenvalue weighted by atomic mass is 10.2. The molecule has 0 amide bonds. The molecular formula is C12H8Cl2N4O2. The molecule has 3 aromatic rings. The van der Waals surface area contributed by atoms with E-state index in [0.717, 1.165) is 5.56 Å². The molecule has 0 aliphatic rings. The quantitative estimate of drug-likeness (QED) is 0.708. The van der Waals surface area contributed by atoms with Gasteiger partial charge in [-0.05, 0) is 29.3 Å². The normalized spacial score (nSPS) is 11.1. The Kier molecular flexibility index (Phi) is 3.11. The lowest BCUT2D eigenvalue weighted by Crippen LogP contribution is -2.23. The van der Waals surface area contributed by atoms with Crippen LogP contribution in [0, 0.1) is 0 Å². The first-order valence-corrected chi connectivity index (χ1v) is 6.43. The van der Waals surface area contributed by atoms with Gasteiger partial charge in [-0.1, -0.05) is 23.7 Å². The lowest BCUT2D eigenvalue weighted by Gasteiger charge is -2.05. The lowest BCUT2D eigenvalue weighted by molar-refractivity contribution is 0.820. The van der Waals surface area contributed by atoms with Crippen LogP contribution in [0.3, 0.4) is 0 Å². The van der Waals surface area contributed by atoms with E-state index in [1.54, 1.807) is 12.1 Å². The Bertz CT molecular complexity index is 892. The van der Waals surface area contributed by atoms with Crippen LogP contribution in [0.2, 0.25) is 10.3 Å². The number of halogens is 2. The Morgan fingerprint density at radius 2 is 1.80 bits per heavy atom. The van der Waals surface area contributed by atoms with Gasteiger partial charge in [0.15, 0.2) is 11.2 Å². The van der Waals surface area contributed by atoms with Gasteiger partial charge in [0.2, 0.25) is 5.28 Å². The number of imidazole rings is 1. The molecular weight excluding hydrogens is 303 g/mol. The first kappa shape index (κ1) is 13.0. The van der Waals surface area contributed by atoms with Crippen LogP contribution in [-0.4, -0.2) is 19.5 Å². The second-order valence-corrected chi connectivity index (χ2v) is 4.97. The largest absolute Gasteiger partial charge is 0.327 e. The molecule has 0 atom stereocenters. The first-order valence-electron chi connectivity index (χ1n) is 5.67. The summed E-state index contributed by atoms with van der Waals surface area (Å²) >= 11 is 11.8. The van der Waals surface area contributed by atoms with Crippen molar-refractivity contribution in [2.45, 2.75) is 6.54 Å². The molecule has 0 bridgehead atoms. The molecule has 3 rings (SSSR count). The predicted molar refractivity (Wildman–Crippen MR) is 76.5 cm³/mol. The minimum absolute atomic E-state index is 0.127. The maximum absolute atomic E-state index is 11.9. The molecule has 2 N–H and O–H groups in total. The zero-order chi connectivity index (χ0) is 14.3. The van der Waals surface area contributed by atoms with Crippen LogP contribution in [0.15, 0.2) is 33.9 Å². The van der Waals surface area contributed by atoms with Crippen LogP contribution in [-0.2, 0) is 6.54 Å². The van der Waals surface area contributed by atoms with Gasteiger partial charge in [-0.2, -0.15) is 4.98 Å². The van der Waals surface area contributed by atoms with E-state index in [1.807, 2.05) is 12.1 Å². The molecule has 0 saturated carbocycles. The van der Waals surface area contributed by atoms with Crippen LogP contribution < -0.4 is 11.2 Å². The maximum atomic E-state index is 11.9.